The first-order valence-corrected chi connectivity index (χ1v) is 9.15. The minimum absolute atomic E-state index is 0.504. The number of aromatic amines is 1. The van der Waals surface area contributed by atoms with E-state index in [9.17, 15) is 0 Å². The summed E-state index contributed by atoms with van der Waals surface area (Å²) in [5.74, 6) is 0. The first kappa shape index (κ1) is 16.2. The molecule has 0 amide bonds. The van der Waals surface area contributed by atoms with E-state index in [0.29, 0.717) is 6.04 Å². The van der Waals surface area contributed by atoms with Crippen LogP contribution < -0.4 is 5.32 Å². The largest absolute Gasteiger partial charge is 0.381 e. The summed E-state index contributed by atoms with van der Waals surface area (Å²) in [4.78, 5) is 2.58. The number of aromatic nitrogens is 2. The third kappa shape index (κ3) is 3.69. The normalized spacial score (nSPS) is 18.6. The Morgan fingerprint density at radius 3 is 3.00 bits per heavy atom. The van der Waals surface area contributed by atoms with Crippen LogP contribution in [0, 0.1) is 13.8 Å². The second-order valence-electron chi connectivity index (χ2n) is 7.32. The summed E-state index contributed by atoms with van der Waals surface area (Å²) < 4.78 is 0. The number of aryl methyl sites for hydroxylation is 2. The topological polar surface area (TPSA) is 44.0 Å². The lowest BCUT2D eigenvalue weighted by molar-refractivity contribution is 0.208. The van der Waals surface area contributed by atoms with E-state index in [4.69, 9.17) is 0 Å². The SMILES string of the molecule is Cc1ccc(CN2CCC[C@H](Nc3ccc4[nH]ncc4c3)C2)c(C)c1. The molecule has 1 aliphatic heterocycles. The highest BCUT2D eigenvalue weighted by atomic mass is 15.2. The van der Waals surface area contributed by atoms with Crippen LogP contribution in [0.5, 0.6) is 0 Å². The molecule has 1 atom stereocenters. The van der Waals surface area contributed by atoms with Gasteiger partial charge in [0.2, 0.25) is 0 Å². The van der Waals surface area contributed by atoms with Crippen molar-refractivity contribution in [1.29, 1.82) is 0 Å². The zero-order valence-corrected chi connectivity index (χ0v) is 15.0. The molecule has 0 spiro atoms. The van der Waals surface area contributed by atoms with Crippen LogP contribution in [0.3, 0.4) is 0 Å². The van der Waals surface area contributed by atoms with Gasteiger partial charge in [0.1, 0.15) is 0 Å². The molecule has 0 unspecified atom stereocenters. The molecule has 130 valence electrons. The van der Waals surface area contributed by atoms with Crippen LogP contribution in [-0.2, 0) is 6.54 Å². The maximum Gasteiger partial charge on any atom is 0.0651 e. The fraction of sp³-hybridized carbons (Fsp3) is 0.381. The number of likely N-dealkylation sites (tertiary alicyclic amines) is 1. The van der Waals surface area contributed by atoms with Gasteiger partial charge in [-0.15, -0.1) is 0 Å². The monoisotopic (exact) mass is 334 g/mol. The summed E-state index contributed by atoms with van der Waals surface area (Å²) in [5.41, 5.74) is 6.47. The van der Waals surface area contributed by atoms with Gasteiger partial charge in [-0.2, -0.15) is 5.10 Å². The molecular formula is C21H26N4. The Kier molecular flexibility index (Phi) is 4.45. The third-order valence-corrected chi connectivity index (χ3v) is 5.21. The van der Waals surface area contributed by atoms with Crippen LogP contribution in [0.2, 0.25) is 0 Å². The molecule has 3 aromatic rings. The number of H-pyrrole nitrogens is 1. The molecule has 0 bridgehead atoms. The van der Waals surface area contributed by atoms with Gasteiger partial charge < -0.3 is 5.32 Å². The summed E-state index contributed by atoms with van der Waals surface area (Å²) in [6.07, 6.45) is 4.36. The Morgan fingerprint density at radius 2 is 2.12 bits per heavy atom. The van der Waals surface area contributed by atoms with Gasteiger partial charge in [-0.1, -0.05) is 23.8 Å². The average Bonchev–Trinajstić information content (AvgIpc) is 3.05. The lowest BCUT2D eigenvalue weighted by Gasteiger charge is -2.34. The molecule has 1 aromatic heterocycles. The second-order valence-corrected chi connectivity index (χ2v) is 7.32. The quantitative estimate of drug-likeness (QED) is 0.749. The van der Waals surface area contributed by atoms with Crippen LogP contribution in [0.4, 0.5) is 5.69 Å². The molecule has 0 saturated carbocycles. The second kappa shape index (κ2) is 6.89. The Labute approximate surface area is 149 Å². The van der Waals surface area contributed by atoms with Gasteiger partial charge in [-0.25, -0.2) is 0 Å². The molecule has 4 rings (SSSR count). The molecule has 2 N–H and O–H groups in total. The summed E-state index contributed by atoms with van der Waals surface area (Å²) in [6.45, 7) is 7.71. The number of nitrogens with one attached hydrogen (secondary N) is 2. The van der Waals surface area contributed by atoms with Crippen molar-refractivity contribution in [3.05, 3.63) is 59.3 Å². The molecule has 0 aliphatic carbocycles. The van der Waals surface area contributed by atoms with Crippen LogP contribution in [-0.4, -0.2) is 34.2 Å². The summed E-state index contributed by atoms with van der Waals surface area (Å²) in [6, 6.07) is 13.7. The highest BCUT2D eigenvalue weighted by molar-refractivity contribution is 5.81. The van der Waals surface area contributed by atoms with Gasteiger partial charge in [0.05, 0.1) is 11.7 Å². The number of benzene rings is 2. The van der Waals surface area contributed by atoms with Crippen LogP contribution in [0.25, 0.3) is 10.9 Å². The number of fused-ring (bicyclic) bond motifs is 1. The minimum Gasteiger partial charge on any atom is -0.381 e. The molecule has 4 nitrogen and oxygen atoms in total. The number of rotatable bonds is 4. The molecule has 1 aliphatic rings. The predicted octanol–water partition coefficient (Wildman–Crippen LogP) is 4.26. The van der Waals surface area contributed by atoms with E-state index in [0.717, 1.165) is 24.0 Å². The van der Waals surface area contributed by atoms with Gasteiger partial charge in [0.15, 0.2) is 0 Å². The lowest BCUT2D eigenvalue weighted by atomic mass is 10.0. The molecule has 25 heavy (non-hydrogen) atoms. The number of piperidine rings is 1. The molecule has 0 radical (unpaired) electrons. The maximum absolute atomic E-state index is 4.10. The van der Waals surface area contributed by atoms with Crippen molar-refractivity contribution >= 4 is 16.6 Å². The van der Waals surface area contributed by atoms with Crippen molar-refractivity contribution in [2.75, 3.05) is 18.4 Å². The van der Waals surface area contributed by atoms with Gasteiger partial charge in [-0.3, -0.25) is 10.00 Å². The summed E-state index contributed by atoms with van der Waals surface area (Å²) >= 11 is 0. The standard InChI is InChI=1S/C21H26N4/c1-15-5-6-17(16(2)10-15)13-25-9-3-4-20(14-25)23-19-7-8-21-18(11-19)12-22-24-21/h5-8,10-12,20,23H,3-4,9,13-14H2,1-2H3,(H,22,24)/t20-/m0/s1. The van der Waals surface area contributed by atoms with Gasteiger partial charge in [0, 0.05) is 30.2 Å². The molecule has 1 fully saturated rings. The fourth-order valence-electron chi connectivity index (χ4n) is 3.85. The Hall–Kier alpha value is -2.33. The summed E-state index contributed by atoms with van der Waals surface area (Å²) in [7, 11) is 0. The van der Waals surface area contributed by atoms with Crippen molar-refractivity contribution < 1.29 is 0 Å². The zero-order chi connectivity index (χ0) is 17.2. The number of hydrogen-bond acceptors (Lipinski definition) is 3. The number of hydrogen-bond donors (Lipinski definition) is 2. The Balaban J connectivity index is 1.41. The lowest BCUT2D eigenvalue weighted by Crippen LogP contribution is -2.41. The third-order valence-electron chi connectivity index (χ3n) is 5.21. The molecule has 1 saturated heterocycles. The van der Waals surface area contributed by atoms with Crippen molar-refractivity contribution in [1.82, 2.24) is 15.1 Å². The van der Waals surface area contributed by atoms with Crippen LogP contribution in [0.15, 0.2) is 42.6 Å². The molecule has 4 heteroatoms. The Bertz CT molecular complexity index is 867. The van der Waals surface area contributed by atoms with Crippen molar-refractivity contribution in [3.63, 3.8) is 0 Å². The van der Waals surface area contributed by atoms with E-state index in [2.05, 4.69) is 70.7 Å². The van der Waals surface area contributed by atoms with E-state index < -0.39 is 0 Å². The molecular weight excluding hydrogens is 308 g/mol. The first-order chi connectivity index (χ1) is 12.2. The van der Waals surface area contributed by atoms with E-state index >= 15 is 0 Å². The first-order valence-electron chi connectivity index (χ1n) is 9.15. The van der Waals surface area contributed by atoms with Gasteiger partial charge >= 0.3 is 0 Å². The predicted molar refractivity (Wildman–Crippen MR) is 104 cm³/mol. The van der Waals surface area contributed by atoms with E-state index in [1.807, 2.05) is 6.20 Å². The van der Waals surface area contributed by atoms with Crippen LogP contribution in [0.1, 0.15) is 29.5 Å². The smallest absolute Gasteiger partial charge is 0.0651 e. The van der Waals surface area contributed by atoms with Gasteiger partial charge in [-0.05, 0) is 62.6 Å². The van der Waals surface area contributed by atoms with Crippen molar-refractivity contribution in [3.8, 4) is 0 Å². The van der Waals surface area contributed by atoms with E-state index in [-0.39, 0.29) is 0 Å². The highest BCUT2D eigenvalue weighted by Crippen LogP contribution is 2.22. The Morgan fingerprint density at radius 1 is 1.20 bits per heavy atom. The number of anilines is 1. The van der Waals surface area contributed by atoms with E-state index in [1.165, 1.54) is 41.8 Å². The molecule has 2 heterocycles. The van der Waals surface area contributed by atoms with Crippen molar-refractivity contribution in [2.24, 2.45) is 0 Å². The van der Waals surface area contributed by atoms with Crippen LogP contribution >= 0.6 is 0 Å². The minimum atomic E-state index is 0.504. The van der Waals surface area contributed by atoms with E-state index in [1.54, 1.807) is 0 Å². The summed E-state index contributed by atoms with van der Waals surface area (Å²) in [5, 5.41) is 12.0. The zero-order valence-electron chi connectivity index (χ0n) is 15.0. The highest BCUT2D eigenvalue weighted by Gasteiger charge is 2.20. The maximum atomic E-state index is 4.10. The van der Waals surface area contributed by atoms with Gasteiger partial charge in [0.25, 0.3) is 0 Å². The number of nitrogens with zero attached hydrogens (tertiary/aromatic N) is 2. The molecule has 2 aromatic carbocycles. The fourth-order valence-corrected chi connectivity index (χ4v) is 3.85. The average molecular weight is 334 g/mol. The van der Waals surface area contributed by atoms with Crippen molar-refractivity contribution in [2.45, 2.75) is 39.3 Å².